The molecule has 12 heteroatoms. The lowest BCUT2D eigenvalue weighted by Gasteiger charge is -2.38. The monoisotopic (exact) mass is 599 g/mol. The van der Waals surface area contributed by atoms with E-state index < -0.39 is 17.9 Å². The maximum atomic E-state index is 13.1. The molecule has 3 aromatic rings. The van der Waals surface area contributed by atoms with Gasteiger partial charge in [-0.3, -0.25) is 9.59 Å². The van der Waals surface area contributed by atoms with Crippen LogP contribution in [0.2, 0.25) is 5.15 Å². The fraction of sp³-hybridized carbons (Fsp3) is 0.400. The molecule has 0 spiro atoms. The van der Waals surface area contributed by atoms with Crippen molar-refractivity contribution in [3.05, 3.63) is 70.5 Å². The Kier molecular flexibility index (Phi) is 11.8. The third-order valence-corrected chi connectivity index (χ3v) is 7.46. The maximum Gasteiger partial charge on any atom is 0.305 e. The molecule has 226 valence electrons. The van der Waals surface area contributed by atoms with Gasteiger partial charge in [0.2, 0.25) is 0 Å². The van der Waals surface area contributed by atoms with Crippen LogP contribution < -0.4 is 26.3 Å². The molecule has 1 heterocycles. The summed E-state index contributed by atoms with van der Waals surface area (Å²) in [5.41, 5.74) is 13.7. The highest BCUT2D eigenvalue weighted by Gasteiger charge is 2.30. The number of carbonyl (C=O) groups is 2. The number of nitrogens with one attached hydrogen (secondary N) is 1. The molecule has 0 saturated heterocycles. The van der Waals surface area contributed by atoms with Crippen molar-refractivity contribution in [2.75, 3.05) is 52.4 Å². The Labute approximate surface area is 251 Å². The Morgan fingerprint density at radius 2 is 1.40 bits per heavy atom. The SMILES string of the molecule is COc1ccc(CCC[N+](C)(CCCc2ccc(OC)cc2)CC(CC(=O)O)NC(=O)c2nc(Cl)c(N)nc2N)cc1. The lowest BCUT2D eigenvalue weighted by atomic mass is 10.1. The molecule has 0 aliphatic heterocycles. The van der Waals surface area contributed by atoms with Gasteiger partial charge >= 0.3 is 5.97 Å². The van der Waals surface area contributed by atoms with Crippen LogP contribution in [-0.2, 0) is 17.6 Å². The number of carbonyl (C=O) groups excluding carboxylic acids is 1. The van der Waals surface area contributed by atoms with E-state index in [1.807, 2.05) is 48.5 Å². The largest absolute Gasteiger partial charge is 0.497 e. The number of nitrogens with zero attached hydrogens (tertiary/aromatic N) is 3. The van der Waals surface area contributed by atoms with E-state index >= 15 is 0 Å². The number of methoxy groups -OCH3 is 2. The molecule has 0 fully saturated rings. The first-order valence-electron chi connectivity index (χ1n) is 13.7. The molecule has 1 unspecified atom stereocenters. The first-order valence-corrected chi connectivity index (χ1v) is 14.1. The van der Waals surface area contributed by atoms with Crippen LogP contribution in [0.4, 0.5) is 11.6 Å². The number of nitrogens with two attached hydrogens (primary N) is 2. The van der Waals surface area contributed by atoms with E-state index in [-0.39, 0.29) is 28.9 Å². The molecule has 0 saturated carbocycles. The van der Waals surface area contributed by atoms with Crippen molar-refractivity contribution in [3.8, 4) is 11.5 Å². The van der Waals surface area contributed by atoms with Gasteiger partial charge in [0.05, 0.1) is 53.4 Å². The first kappa shape index (κ1) is 32.4. The summed E-state index contributed by atoms with van der Waals surface area (Å²) in [6.07, 6.45) is 3.16. The summed E-state index contributed by atoms with van der Waals surface area (Å²) in [5.74, 6) is -0.352. The van der Waals surface area contributed by atoms with Crippen molar-refractivity contribution in [2.45, 2.75) is 38.1 Å². The molecule has 3 rings (SSSR count). The third kappa shape index (κ3) is 9.78. The van der Waals surface area contributed by atoms with Gasteiger partial charge in [-0.15, -0.1) is 0 Å². The van der Waals surface area contributed by atoms with E-state index in [4.69, 9.17) is 32.5 Å². The molecule has 0 bridgehead atoms. The van der Waals surface area contributed by atoms with Crippen LogP contribution in [0, 0.1) is 0 Å². The van der Waals surface area contributed by atoms with Gasteiger partial charge in [-0.25, -0.2) is 9.97 Å². The smallest absolute Gasteiger partial charge is 0.305 e. The van der Waals surface area contributed by atoms with Crippen molar-refractivity contribution < 1.29 is 28.7 Å². The molecule has 0 radical (unpaired) electrons. The summed E-state index contributed by atoms with van der Waals surface area (Å²) in [6, 6.07) is 15.2. The summed E-state index contributed by atoms with van der Waals surface area (Å²) in [7, 11) is 5.37. The summed E-state index contributed by atoms with van der Waals surface area (Å²) in [6.45, 7) is 1.94. The Bertz CT molecular complexity index is 1280. The Morgan fingerprint density at radius 1 is 0.905 bits per heavy atom. The number of halogens is 1. The van der Waals surface area contributed by atoms with Gasteiger partial charge in [0, 0.05) is 12.8 Å². The number of nitrogen functional groups attached to an aromatic ring is 2. The second-order valence-corrected chi connectivity index (χ2v) is 10.9. The van der Waals surface area contributed by atoms with Gasteiger partial charge in [-0.2, -0.15) is 0 Å². The van der Waals surface area contributed by atoms with Crippen LogP contribution in [0.1, 0.15) is 40.9 Å². The summed E-state index contributed by atoms with van der Waals surface area (Å²) >= 11 is 5.96. The normalized spacial score (nSPS) is 12.0. The number of carboxylic acids is 1. The molecule has 2 aromatic carbocycles. The van der Waals surface area contributed by atoms with E-state index in [1.165, 1.54) is 11.1 Å². The van der Waals surface area contributed by atoms with Gasteiger partial charge in [0.15, 0.2) is 22.5 Å². The maximum absolute atomic E-state index is 13.1. The summed E-state index contributed by atoms with van der Waals surface area (Å²) in [5, 5.41) is 12.3. The number of aromatic nitrogens is 2. The molecule has 11 nitrogen and oxygen atoms in total. The number of aliphatic carboxylic acids is 1. The minimum atomic E-state index is -1.03. The Hall–Kier alpha value is -4.09. The van der Waals surface area contributed by atoms with Gasteiger partial charge < -0.3 is 35.8 Å². The second kappa shape index (κ2) is 15.2. The van der Waals surface area contributed by atoms with Crippen LogP contribution >= 0.6 is 11.6 Å². The minimum absolute atomic E-state index is 0.0919. The predicted octanol–water partition coefficient (Wildman–Crippen LogP) is 3.60. The molecule has 0 aliphatic carbocycles. The molecule has 42 heavy (non-hydrogen) atoms. The molecular formula is C30H40ClN6O5+. The molecule has 0 aliphatic rings. The van der Waals surface area contributed by atoms with Crippen molar-refractivity contribution in [1.29, 1.82) is 0 Å². The number of hydrogen-bond acceptors (Lipinski definition) is 8. The fourth-order valence-corrected chi connectivity index (χ4v) is 5.10. The zero-order chi connectivity index (χ0) is 30.7. The van der Waals surface area contributed by atoms with E-state index in [0.717, 1.165) is 50.3 Å². The molecule has 1 amide bonds. The number of carboxylic acid groups (broad SMARTS) is 1. The molecule has 1 atom stereocenters. The van der Waals surface area contributed by atoms with E-state index in [1.54, 1.807) is 14.2 Å². The number of rotatable bonds is 16. The average molecular weight is 600 g/mol. The second-order valence-electron chi connectivity index (χ2n) is 10.6. The number of amides is 1. The lowest BCUT2D eigenvalue weighted by molar-refractivity contribution is -0.911. The highest BCUT2D eigenvalue weighted by molar-refractivity contribution is 6.31. The molecule has 1 aromatic heterocycles. The van der Waals surface area contributed by atoms with Gasteiger partial charge in [0.1, 0.15) is 11.5 Å². The zero-order valence-corrected chi connectivity index (χ0v) is 25.1. The average Bonchev–Trinajstić information content (AvgIpc) is 2.95. The topological polar surface area (TPSA) is 163 Å². The van der Waals surface area contributed by atoms with Crippen LogP contribution in [-0.4, -0.2) is 78.4 Å². The minimum Gasteiger partial charge on any atom is -0.497 e. The van der Waals surface area contributed by atoms with Crippen LogP contribution in [0.15, 0.2) is 48.5 Å². The van der Waals surface area contributed by atoms with Gasteiger partial charge in [-0.05, 0) is 48.2 Å². The number of quaternary nitrogens is 1. The summed E-state index contributed by atoms with van der Waals surface area (Å²) in [4.78, 5) is 32.7. The number of benzene rings is 2. The van der Waals surface area contributed by atoms with Gasteiger partial charge in [-0.1, -0.05) is 35.9 Å². The van der Waals surface area contributed by atoms with Crippen molar-refractivity contribution in [1.82, 2.24) is 15.3 Å². The predicted molar refractivity (Wildman–Crippen MR) is 163 cm³/mol. The zero-order valence-electron chi connectivity index (χ0n) is 24.3. The number of aryl methyl sites for hydroxylation is 2. The van der Waals surface area contributed by atoms with Crippen LogP contribution in [0.25, 0.3) is 0 Å². The third-order valence-electron chi connectivity index (χ3n) is 7.18. The molecular weight excluding hydrogens is 560 g/mol. The Morgan fingerprint density at radius 3 is 1.86 bits per heavy atom. The molecule has 6 N–H and O–H groups in total. The van der Waals surface area contributed by atoms with Crippen LogP contribution in [0.3, 0.4) is 0 Å². The van der Waals surface area contributed by atoms with Crippen molar-refractivity contribution in [3.63, 3.8) is 0 Å². The van der Waals surface area contributed by atoms with Crippen molar-refractivity contribution in [2.24, 2.45) is 0 Å². The number of ether oxygens (including phenoxy) is 2. The van der Waals surface area contributed by atoms with Crippen molar-refractivity contribution >= 4 is 35.1 Å². The van der Waals surface area contributed by atoms with E-state index in [9.17, 15) is 14.7 Å². The lowest BCUT2D eigenvalue weighted by Crippen LogP contribution is -2.55. The van der Waals surface area contributed by atoms with Gasteiger partial charge in [0.25, 0.3) is 5.91 Å². The highest BCUT2D eigenvalue weighted by Crippen LogP contribution is 2.20. The first-order chi connectivity index (χ1) is 20.0. The van der Waals surface area contributed by atoms with E-state index in [2.05, 4.69) is 22.3 Å². The fourth-order valence-electron chi connectivity index (χ4n) is 4.98. The highest BCUT2D eigenvalue weighted by atomic mass is 35.5. The number of likely N-dealkylation sites (N-methyl/N-ethyl adjacent to an activating group) is 1. The van der Waals surface area contributed by atoms with E-state index in [0.29, 0.717) is 11.0 Å². The Balaban J connectivity index is 1.75. The number of anilines is 2. The summed E-state index contributed by atoms with van der Waals surface area (Å²) < 4.78 is 11.1. The standard InChI is InChI=1S/C30H39ClN6O5/c1-37(16-4-6-20-8-12-23(41-2)13-9-20,17-5-7-21-10-14-24(42-3)15-11-21)19-22(18-25(38)39)34-30(40)26-28(32)36-29(33)27(31)35-26/h8-15,22H,4-7,16-19H2,1-3H3,(H5-,32,33,34,36,38,39,40)/p+1. The van der Waals surface area contributed by atoms with Crippen LogP contribution in [0.5, 0.6) is 11.5 Å². The number of hydrogen-bond donors (Lipinski definition) is 4. The quantitative estimate of drug-likeness (QED) is 0.180.